The highest BCUT2D eigenvalue weighted by Gasteiger charge is 2.21. The molecule has 7 nitrogen and oxygen atoms in total. The molecule has 3 aromatic rings. The smallest absolute Gasteiger partial charge is 0.234 e. The van der Waals surface area contributed by atoms with Crippen molar-refractivity contribution in [3.63, 3.8) is 0 Å². The fourth-order valence-corrected chi connectivity index (χ4v) is 2.70. The SMILES string of the molecule is COCC(C(=O)Nc1cnn(Cc2c(C)noc2C)c1)c1cc#ccc1. The lowest BCUT2D eigenvalue weighted by Gasteiger charge is -2.15. The molecule has 0 bridgehead atoms. The van der Waals surface area contributed by atoms with Crippen molar-refractivity contribution in [1.29, 1.82) is 0 Å². The molecule has 1 unspecified atom stereocenters. The molecule has 0 saturated carbocycles. The number of hydrogen-bond acceptors (Lipinski definition) is 5. The van der Waals surface area contributed by atoms with Crippen LogP contribution in [0.25, 0.3) is 0 Å². The highest BCUT2D eigenvalue weighted by molar-refractivity contribution is 5.95. The highest BCUT2D eigenvalue weighted by atomic mass is 16.5. The number of methoxy groups -OCH3 is 1. The zero-order chi connectivity index (χ0) is 18.5. The number of ether oxygens (including phenoxy) is 1. The van der Waals surface area contributed by atoms with E-state index in [0.717, 1.165) is 22.6 Å². The molecule has 0 fully saturated rings. The molecule has 26 heavy (non-hydrogen) atoms. The number of hydrogen-bond donors (Lipinski definition) is 1. The fraction of sp³-hybridized carbons (Fsp3) is 0.316. The van der Waals surface area contributed by atoms with Gasteiger partial charge in [-0.2, -0.15) is 5.10 Å². The molecule has 7 heteroatoms. The van der Waals surface area contributed by atoms with E-state index >= 15 is 0 Å². The topological polar surface area (TPSA) is 82.2 Å². The third-order valence-electron chi connectivity index (χ3n) is 4.14. The molecule has 1 atom stereocenters. The van der Waals surface area contributed by atoms with Gasteiger partial charge in [0.15, 0.2) is 0 Å². The number of nitrogens with zero attached hydrogens (tertiary/aromatic N) is 3. The standard InChI is InChI=1S/C19H20N4O3/c1-13-17(14(2)26-22-13)11-23-10-16(9-20-23)21-19(24)18(12-25-3)15-7-5-4-6-8-15/h5,7-10,18H,11-12H2,1-3H3,(H,21,24). The number of nitrogens with one attached hydrogen (secondary N) is 1. The second-order valence-electron chi connectivity index (χ2n) is 5.99. The van der Waals surface area contributed by atoms with Crippen LogP contribution in [0.3, 0.4) is 0 Å². The molecule has 2 aromatic heterocycles. The van der Waals surface area contributed by atoms with Crippen LogP contribution in [0, 0.1) is 26.0 Å². The predicted molar refractivity (Wildman–Crippen MR) is 94.7 cm³/mol. The molecule has 0 saturated heterocycles. The number of amides is 1. The van der Waals surface area contributed by atoms with Gasteiger partial charge >= 0.3 is 0 Å². The zero-order valence-corrected chi connectivity index (χ0v) is 14.9. The Morgan fingerprint density at radius 1 is 1.42 bits per heavy atom. The normalized spacial score (nSPS) is 11.8. The molecular formula is C19H20N4O3. The molecule has 0 aliphatic carbocycles. The average Bonchev–Trinajstić information content (AvgIpc) is 3.21. The van der Waals surface area contributed by atoms with Crippen LogP contribution >= 0.6 is 0 Å². The average molecular weight is 352 g/mol. The maximum Gasteiger partial charge on any atom is 0.234 e. The molecule has 0 spiro atoms. The van der Waals surface area contributed by atoms with E-state index in [0.29, 0.717) is 12.2 Å². The van der Waals surface area contributed by atoms with Crippen LogP contribution in [-0.4, -0.2) is 34.6 Å². The van der Waals surface area contributed by atoms with Crippen LogP contribution < -0.4 is 5.32 Å². The van der Waals surface area contributed by atoms with Crippen molar-refractivity contribution in [3.05, 3.63) is 65.3 Å². The Kier molecular flexibility index (Phi) is 5.34. The molecule has 0 aliphatic heterocycles. The Bertz CT molecular complexity index is 851. The van der Waals surface area contributed by atoms with Gasteiger partial charge in [0.1, 0.15) is 5.76 Å². The monoisotopic (exact) mass is 352 g/mol. The van der Waals surface area contributed by atoms with Gasteiger partial charge in [-0.05, 0) is 37.6 Å². The van der Waals surface area contributed by atoms with Crippen molar-refractivity contribution in [1.82, 2.24) is 14.9 Å². The molecule has 3 rings (SSSR count). The molecule has 134 valence electrons. The quantitative estimate of drug-likeness (QED) is 0.706. The zero-order valence-electron chi connectivity index (χ0n) is 14.9. The summed E-state index contributed by atoms with van der Waals surface area (Å²) in [7, 11) is 1.57. The largest absolute Gasteiger partial charge is 0.384 e. The molecule has 1 aromatic carbocycles. The molecule has 0 radical (unpaired) electrons. The molecule has 1 N–H and O–H groups in total. The van der Waals surface area contributed by atoms with Crippen LogP contribution in [0.2, 0.25) is 0 Å². The van der Waals surface area contributed by atoms with E-state index in [1.807, 2.05) is 19.9 Å². The predicted octanol–water partition coefficient (Wildman–Crippen LogP) is 2.51. The lowest BCUT2D eigenvalue weighted by atomic mass is 10.00. The van der Waals surface area contributed by atoms with Crippen molar-refractivity contribution < 1.29 is 14.1 Å². The summed E-state index contributed by atoms with van der Waals surface area (Å²) < 4.78 is 12.1. The van der Waals surface area contributed by atoms with Crippen molar-refractivity contribution in [2.75, 3.05) is 19.0 Å². The van der Waals surface area contributed by atoms with Gasteiger partial charge in [-0.3, -0.25) is 9.48 Å². The van der Waals surface area contributed by atoms with E-state index < -0.39 is 5.92 Å². The van der Waals surface area contributed by atoms with Gasteiger partial charge in [0.05, 0.1) is 36.6 Å². The number of anilines is 1. The van der Waals surface area contributed by atoms with Gasteiger partial charge in [0.25, 0.3) is 0 Å². The molecular weight excluding hydrogens is 332 g/mol. The second-order valence-corrected chi connectivity index (χ2v) is 5.99. The summed E-state index contributed by atoms with van der Waals surface area (Å²) in [5, 5.41) is 11.1. The Morgan fingerprint density at radius 2 is 2.27 bits per heavy atom. The maximum atomic E-state index is 12.7. The first-order chi connectivity index (χ1) is 12.6. The number of aryl methyl sites for hydroxylation is 2. The highest BCUT2D eigenvalue weighted by Crippen LogP contribution is 2.19. The van der Waals surface area contributed by atoms with Crippen LogP contribution in [0.1, 0.15) is 28.5 Å². The lowest BCUT2D eigenvalue weighted by Crippen LogP contribution is -2.24. The van der Waals surface area contributed by atoms with Gasteiger partial charge in [-0.15, -0.1) is 0 Å². The van der Waals surface area contributed by atoms with Crippen molar-refractivity contribution in [3.8, 4) is 0 Å². The van der Waals surface area contributed by atoms with Gasteiger partial charge in [0.2, 0.25) is 5.91 Å². The molecule has 1 amide bonds. The first-order valence-electron chi connectivity index (χ1n) is 8.20. The van der Waals surface area contributed by atoms with E-state index in [1.165, 1.54) is 0 Å². The summed E-state index contributed by atoms with van der Waals surface area (Å²) in [5.74, 6) is 0.168. The Morgan fingerprint density at radius 3 is 2.92 bits per heavy atom. The van der Waals surface area contributed by atoms with E-state index in [-0.39, 0.29) is 12.5 Å². The molecule has 2 heterocycles. The lowest BCUT2D eigenvalue weighted by molar-refractivity contribution is -0.118. The van der Waals surface area contributed by atoms with Crippen molar-refractivity contribution in [2.45, 2.75) is 26.3 Å². The van der Waals surface area contributed by atoms with E-state index in [9.17, 15) is 4.79 Å². The summed E-state index contributed by atoms with van der Waals surface area (Å²) in [4.78, 5) is 12.7. The Balaban J connectivity index is 1.70. The van der Waals surface area contributed by atoms with Crippen LogP contribution in [0.5, 0.6) is 0 Å². The minimum absolute atomic E-state index is 0.164. The van der Waals surface area contributed by atoms with Crippen LogP contribution in [-0.2, 0) is 16.1 Å². The first kappa shape index (κ1) is 17.7. The maximum absolute atomic E-state index is 12.7. The summed E-state index contributed by atoms with van der Waals surface area (Å²) in [6, 6.07) is 11.0. The van der Waals surface area contributed by atoms with E-state index in [1.54, 1.807) is 36.3 Å². The fourth-order valence-electron chi connectivity index (χ4n) is 2.70. The minimum Gasteiger partial charge on any atom is -0.384 e. The van der Waals surface area contributed by atoms with E-state index in [4.69, 9.17) is 9.26 Å². The summed E-state index contributed by atoms with van der Waals surface area (Å²) in [5.41, 5.74) is 3.26. The van der Waals surface area contributed by atoms with Gasteiger partial charge in [0, 0.05) is 18.9 Å². The first-order valence-corrected chi connectivity index (χ1v) is 8.20. The number of carbonyl (C=O) groups excluding carboxylic acids is 1. The third kappa shape index (κ3) is 3.92. The van der Waals surface area contributed by atoms with Gasteiger partial charge in [-0.1, -0.05) is 17.3 Å². The number of aromatic nitrogens is 3. The van der Waals surface area contributed by atoms with Crippen molar-refractivity contribution >= 4 is 11.6 Å². The second kappa shape index (κ2) is 7.85. The van der Waals surface area contributed by atoms with Crippen LogP contribution in [0.4, 0.5) is 5.69 Å². The Labute approximate surface area is 151 Å². The van der Waals surface area contributed by atoms with Gasteiger partial charge in [-0.25, -0.2) is 0 Å². The summed E-state index contributed by atoms with van der Waals surface area (Å²) in [6.07, 6.45) is 3.39. The number of rotatable bonds is 7. The summed E-state index contributed by atoms with van der Waals surface area (Å²) >= 11 is 0. The van der Waals surface area contributed by atoms with E-state index in [2.05, 4.69) is 27.7 Å². The Hall–Kier alpha value is -3.11. The van der Waals surface area contributed by atoms with Gasteiger partial charge < -0.3 is 14.6 Å². The summed E-state index contributed by atoms with van der Waals surface area (Å²) in [6.45, 7) is 4.56. The number of carbonyl (C=O) groups is 1. The van der Waals surface area contributed by atoms with Crippen molar-refractivity contribution in [2.24, 2.45) is 0 Å². The minimum atomic E-state index is -0.434. The molecule has 0 aliphatic rings. The third-order valence-corrected chi connectivity index (χ3v) is 4.14. The van der Waals surface area contributed by atoms with Crippen LogP contribution in [0.15, 0.2) is 35.1 Å².